The second kappa shape index (κ2) is 5.48. The summed E-state index contributed by atoms with van der Waals surface area (Å²) in [5.74, 6) is 0.195. The van der Waals surface area contributed by atoms with Gasteiger partial charge in [-0.25, -0.2) is 9.97 Å². The lowest BCUT2D eigenvalue weighted by Gasteiger charge is -2.11. The molecule has 0 spiro atoms. The predicted molar refractivity (Wildman–Crippen MR) is 72.9 cm³/mol. The third kappa shape index (κ3) is 3.28. The van der Waals surface area contributed by atoms with Crippen LogP contribution in [0, 0.1) is 6.92 Å². The second-order valence-corrected chi connectivity index (χ2v) is 4.26. The average molecular weight is 257 g/mol. The van der Waals surface area contributed by atoms with Gasteiger partial charge in [-0.1, -0.05) is 30.3 Å². The van der Waals surface area contributed by atoms with Crippen LogP contribution in [0.2, 0.25) is 0 Å². The summed E-state index contributed by atoms with van der Waals surface area (Å²) in [4.78, 5) is 19.4. The average Bonchev–Trinajstić information content (AvgIpc) is 2.39. The highest BCUT2D eigenvalue weighted by Crippen LogP contribution is 2.19. The number of carbonyl (C=O) groups is 1. The Hall–Kier alpha value is -2.43. The van der Waals surface area contributed by atoms with Crippen LogP contribution < -0.4 is 5.32 Å². The maximum atomic E-state index is 10.8. The Bertz CT molecular complexity index is 584. The zero-order valence-electron chi connectivity index (χ0n) is 10.8. The monoisotopic (exact) mass is 257 g/mol. The lowest BCUT2D eigenvalue weighted by Crippen LogP contribution is -2.26. The highest BCUT2D eigenvalue weighted by atomic mass is 16.4. The molecule has 2 rings (SSSR count). The number of carboxylic acid groups (broad SMARTS) is 1. The summed E-state index contributed by atoms with van der Waals surface area (Å²) in [5, 5.41) is 11.7. The Kier molecular flexibility index (Phi) is 3.75. The highest BCUT2D eigenvalue weighted by Gasteiger charge is 2.12. The second-order valence-electron chi connectivity index (χ2n) is 4.26. The van der Waals surface area contributed by atoms with E-state index in [-0.39, 0.29) is 0 Å². The van der Waals surface area contributed by atoms with Crippen molar-refractivity contribution < 1.29 is 9.90 Å². The van der Waals surface area contributed by atoms with E-state index in [4.69, 9.17) is 5.11 Å². The van der Waals surface area contributed by atoms with Crippen molar-refractivity contribution >= 4 is 11.8 Å². The van der Waals surface area contributed by atoms with Gasteiger partial charge < -0.3 is 10.4 Å². The van der Waals surface area contributed by atoms with Gasteiger partial charge in [0.25, 0.3) is 0 Å². The molecule has 0 saturated heterocycles. The molecule has 5 nitrogen and oxygen atoms in total. The molecule has 0 aliphatic carbocycles. The van der Waals surface area contributed by atoms with Crippen LogP contribution in [-0.2, 0) is 4.79 Å². The fraction of sp³-hybridized carbons (Fsp3) is 0.214. The summed E-state index contributed by atoms with van der Waals surface area (Å²) < 4.78 is 0. The molecule has 0 radical (unpaired) electrons. The topological polar surface area (TPSA) is 75.1 Å². The van der Waals surface area contributed by atoms with Crippen LogP contribution in [0.3, 0.4) is 0 Å². The van der Waals surface area contributed by atoms with Crippen LogP contribution in [-0.4, -0.2) is 27.1 Å². The number of aliphatic carboxylic acids is 1. The molecular formula is C14H15N3O2. The molecule has 0 saturated carbocycles. The Labute approximate surface area is 111 Å². The first-order valence-electron chi connectivity index (χ1n) is 5.96. The standard InChI is InChI=1S/C14H15N3O2/c1-9(14(18)19)15-13-8-12(16-10(2)17-13)11-6-4-3-5-7-11/h3-9H,1-2H3,(H,18,19)(H,15,16,17). The van der Waals surface area contributed by atoms with Gasteiger partial charge in [-0.3, -0.25) is 4.79 Å². The number of nitrogens with one attached hydrogen (secondary N) is 1. The molecule has 98 valence electrons. The summed E-state index contributed by atoms with van der Waals surface area (Å²) in [6.45, 7) is 3.35. The van der Waals surface area contributed by atoms with Crippen molar-refractivity contribution in [1.82, 2.24) is 9.97 Å². The minimum atomic E-state index is -0.919. The molecule has 0 bridgehead atoms. The van der Waals surface area contributed by atoms with Gasteiger partial charge in [0.05, 0.1) is 5.69 Å². The Balaban J connectivity index is 2.32. The Morgan fingerprint density at radius 1 is 1.26 bits per heavy atom. The molecule has 1 unspecified atom stereocenters. The minimum Gasteiger partial charge on any atom is -0.480 e. The smallest absolute Gasteiger partial charge is 0.325 e. The third-order valence-electron chi connectivity index (χ3n) is 2.64. The first-order valence-corrected chi connectivity index (χ1v) is 5.96. The summed E-state index contributed by atoms with van der Waals surface area (Å²) in [5.41, 5.74) is 1.74. The van der Waals surface area contributed by atoms with Crippen LogP contribution in [0.15, 0.2) is 36.4 Å². The SMILES string of the molecule is Cc1nc(NC(C)C(=O)O)cc(-c2ccccc2)n1. The van der Waals surface area contributed by atoms with Crippen molar-refractivity contribution in [2.24, 2.45) is 0 Å². The van der Waals surface area contributed by atoms with Crippen LogP contribution in [0.4, 0.5) is 5.82 Å². The van der Waals surface area contributed by atoms with E-state index in [9.17, 15) is 4.79 Å². The van der Waals surface area contributed by atoms with E-state index in [0.717, 1.165) is 11.3 Å². The predicted octanol–water partition coefficient (Wildman–Crippen LogP) is 2.34. The normalized spacial score (nSPS) is 11.9. The zero-order valence-corrected chi connectivity index (χ0v) is 10.8. The number of hydrogen-bond donors (Lipinski definition) is 2. The van der Waals surface area contributed by atoms with Gasteiger partial charge >= 0.3 is 5.97 Å². The van der Waals surface area contributed by atoms with Crippen molar-refractivity contribution in [2.75, 3.05) is 5.32 Å². The number of rotatable bonds is 4. The van der Waals surface area contributed by atoms with Gasteiger partial charge in [-0.2, -0.15) is 0 Å². The van der Waals surface area contributed by atoms with Gasteiger partial charge in [-0.15, -0.1) is 0 Å². The molecule has 1 atom stereocenters. The van der Waals surface area contributed by atoms with Gasteiger partial charge in [0.1, 0.15) is 17.7 Å². The molecular weight excluding hydrogens is 242 g/mol. The fourth-order valence-electron chi connectivity index (χ4n) is 1.68. The summed E-state index contributed by atoms with van der Waals surface area (Å²) in [7, 11) is 0. The maximum Gasteiger partial charge on any atom is 0.325 e. The molecule has 0 amide bonds. The van der Waals surface area contributed by atoms with Gasteiger partial charge in [0.15, 0.2) is 0 Å². The Morgan fingerprint density at radius 2 is 1.95 bits per heavy atom. The highest BCUT2D eigenvalue weighted by molar-refractivity contribution is 5.76. The molecule has 5 heteroatoms. The number of hydrogen-bond acceptors (Lipinski definition) is 4. The van der Waals surface area contributed by atoms with E-state index < -0.39 is 12.0 Å². The molecule has 1 aromatic heterocycles. The summed E-state index contributed by atoms with van der Waals surface area (Å²) in [6, 6.07) is 10.8. The van der Waals surface area contributed by atoms with Crippen molar-refractivity contribution in [3.8, 4) is 11.3 Å². The van der Waals surface area contributed by atoms with Crippen molar-refractivity contribution in [2.45, 2.75) is 19.9 Å². The zero-order chi connectivity index (χ0) is 13.8. The van der Waals surface area contributed by atoms with E-state index in [2.05, 4.69) is 15.3 Å². The van der Waals surface area contributed by atoms with Crippen LogP contribution >= 0.6 is 0 Å². The van der Waals surface area contributed by atoms with Crippen LogP contribution in [0.25, 0.3) is 11.3 Å². The third-order valence-corrected chi connectivity index (χ3v) is 2.64. The number of nitrogens with zero attached hydrogens (tertiary/aromatic N) is 2. The number of aromatic nitrogens is 2. The first kappa shape index (κ1) is 13.0. The summed E-state index contributed by atoms with van der Waals surface area (Å²) in [6.07, 6.45) is 0. The van der Waals surface area contributed by atoms with Crippen molar-refractivity contribution in [3.05, 3.63) is 42.2 Å². The molecule has 2 aromatic rings. The molecule has 1 heterocycles. The lowest BCUT2D eigenvalue weighted by atomic mass is 10.1. The quantitative estimate of drug-likeness (QED) is 0.879. The lowest BCUT2D eigenvalue weighted by molar-refractivity contribution is -0.137. The summed E-state index contributed by atoms with van der Waals surface area (Å²) >= 11 is 0. The molecule has 1 aromatic carbocycles. The van der Waals surface area contributed by atoms with Gasteiger partial charge in [0.2, 0.25) is 0 Å². The largest absolute Gasteiger partial charge is 0.480 e. The van der Waals surface area contributed by atoms with E-state index in [1.807, 2.05) is 30.3 Å². The van der Waals surface area contributed by atoms with E-state index in [0.29, 0.717) is 11.6 Å². The minimum absolute atomic E-state index is 0.515. The van der Waals surface area contributed by atoms with E-state index in [1.54, 1.807) is 19.9 Å². The number of benzene rings is 1. The first-order chi connectivity index (χ1) is 9.06. The van der Waals surface area contributed by atoms with E-state index in [1.165, 1.54) is 0 Å². The van der Waals surface area contributed by atoms with Crippen molar-refractivity contribution in [1.29, 1.82) is 0 Å². The molecule has 0 aliphatic rings. The van der Waals surface area contributed by atoms with Gasteiger partial charge in [-0.05, 0) is 13.8 Å². The van der Waals surface area contributed by atoms with Crippen molar-refractivity contribution in [3.63, 3.8) is 0 Å². The molecule has 2 N–H and O–H groups in total. The number of aryl methyl sites for hydroxylation is 1. The maximum absolute atomic E-state index is 10.8. The molecule has 0 aliphatic heterocycles. The van der Waals surface area contributed by atoms with Crippen LogP contribution in [0.1, 0.15) is 12.7 Å². The molecule has 19 heavy (non-hydrogen) atoms. The Morgan fingerprint density at radius 3 is 2.58 bits per heavy atom. The fourth-order valence-corrected chi connectivity index (χ4v) is 1.68. The molecule has 0 fully saturated rings. The van der Waals surface area contributed by atoms with Gasteiger partial charge in [0, 0.05) is 11.6 Å². The number of carboxylic acids is 1. The van der Waals surface area contributed by atoms with Crippen LogP contribution in [0.5, 0.6) is 0 Å². The van der Waals surface area contributed by atoms with E-state index >= 15 is 0 Å². The number of anilines is 1.